The average molecular weight is 367 g/mol. The Hall–Kier alpha value is -1.70. The van der Waals surface area contributed by atoms with Crippen molar-refractivity contribution in [1.29, 1.82) is 0 Å². The summed E-state index contributed by atoms with van der Waals surface area (Å²) >= 11 is 0. The third kappa shape index (κ3) is 5.15. The monoisotopic (exact) mass is 367 g/mol. The molecule has 0 saturated carbocycles. The lowest BCUT2D eigenvalue weighted by Gasteiger charge is -2.12. The van der Waals surface area contributed by atoms with E-state index in [9.17, 15) is 12.6 Å². The van der Waals surface area contributed by atoms with Crippen LogP contribution in [0.4, 0.5) is 0 Å². The maximum absolute atomic E-state index is 12.0. The number of hydrogen-bond acceptors (Lipinski definition) is 4. The van der Waals surface area contributed by atoms with Gasteiger partial charge in [-0.15, -0.1) is 0 Å². The molecular formula is C17H21NO4S2. The van der Waals surface area contributed by atoms with Crippen LogP contribution in [0.5, 0.6) is 5.75 Å². The normalized spacial score (nSPS) is 13.0. The quantitative estimate of drug-likeness (QED) is 0.718. The van der Waals surface area contributed by atoms with Gasteiger partial charge in [-0.1, -0.05) is 30.3 Å². The summed E-state index contributed by atoms with van der Waals surface area (Å²) in [6, 6.07) is 15.9. The minimum atomic E-state index is -3.43. The molecule has 0 aromatic heterocycles. The second kappa shape index (κ2) is 8.41. The van der Waals surface area contributed by atoms with Gasteiger partial charge >= 0.3 is 0 Å². The first kappa shape index (κ1) is 18.6. The molecular weight excluding hydrogens is 346 g/mol. The van der Waals surface area contributed by atoms with Crippen LogP contribution < -0.4 is 4.74 Å². The Labute approximate surface area is 145 Å². The summed E-state index contributed by atoms with van der Waals surface area (Å²) in [5, 5.41) is 0. The molecule has 1 atom stereocenters. The summed E-state index contributed by atoms with van der Waals surface area (Å²) in [4.78, 5) is 0.215. The van der Waals surface area contributed by atoms with Crippen molar-refractivity contribution in [3.63, 3.8) is 0 Å². The first-order valence-corrected chi connectivity index (χ1v) is 10.4. The van der Waals surface area contributed by atoms with Gasteiger partial charge in [0.2, 0.25) is 10.0 Å². The molecule has 0 saturated heterocycles. The van der Waals surface area contributed by atoms with E-state index in [2.05, 4.69) is 0 Å². The number of ether oxygens (including phenoxy) is 1. The van der Waals surface area contributed by atoms with Gasteiger partial charge < -0.3 is 4.74 Å². The minimum absolute atomic E-state index is 0.215. The molecule has 2 aromatic rings. The molecule has 24 heavy (non-hydrogen) atoms. The molecule has 0 fully saturated rings. The lowest BCUT2D eigenvalue weighted by Crippen LogP contribution is -2.22. The van der Waals surface area contributed by atoms with Crippen LogP contribution in [0, 0.1) is 0 Å². The van der Waals surface area contributed by atoms with Crippen LogP contribution in [0.2, 0.25) is 0 Å². The van der Waals surface area contributed by atoms with Crippen molar-refractivity contribution in [2.24, 2.45) is 0 Å². The molecule has 0 bridgehead atoms. The zero-order chi connectivity index (χ0) is 17.6. The van der Waals surface area contributed by atoms with Crippen molar-refractivity contribution < 1.29 is 17.4 Å². The molecule has 0 aliphatic heterocycles. The van der Waals surface area contributed by atoms with Crippen LogP contribution in [0.3, 0.4) is 0 Å². The van der Waals surface area contributed by atoms with E-state index in [4.69, 9.17) is 4.74 Å². The second-order valence-corrected chi connectivity index (χ2v) is 9.11. The predicted molar refractivity (Wildman–Crippen MR) is 96.0 cm³/mol. The van der Waals surface area contributed by atoms with E-state index in [1.54, 1.807) is 12.1 Å². The maximum atomic E-state index is 12.0. The van der Waals surface area contributed by atoms with Gasteiger partial charge in [0.25, 0.3) is 0 Å². The topological polar surface area (TPSA) is 63.7 Å². The zero-order valence-electron chi connectivity index (χ0n) is 13.7. The average Bonchev–Trinajstić information content (AvgIpc) is 2.56. The summed E-state index contributed by atoms with van der Waals surface area (Å²) in [5.41, 5.74) is 1.04. The van der Waals surface area contributed by atoms with Crippen LogP contribution in [0.25, 0.3) is 0 Å². The summed E-state index contributed by atoms with van der Waals surface area (Å²) in [7, 11) is -1.45. The molecule has 130 valence electrons. The van der Waals surface area contributed by atoms with Crippen molar-refractivity contribution in [1.82, 2.24) is 4.31 Å². The molecule has 0 aliphatic rings. The Kier molecular flexibility index (Phi) is 6.53. The highest BCUT2D eigenvalue weighted by Crippen LogP contribution is 2.18. The SMILES string of the molecule is CN(C)S(=O)(=O)c1ccc(OCCS(=O)Cc2ccccc2)cc1. The molecule has 2 aromatic carbocycles. The van der Waals surface area contributed by atoms with Crippen LogP contribution >= 0.6 is 0 Å². The van der Waals surface area contributed by atoms with E-state index in [0.717, 1.165) is 9.87 Å². The molecule has 0 N–H and O–H groups in total. The third-order valence-electron chi connectivity index (χ3n) is 3.35. The van der Waals surface area contributed by atoms with Gasteiger partial charge in [-0.3, -0.25) is 4.21 Å². The van der Waals surface area contributed by atoms with Crippen molar-refractivity contribution >= 4 is 20.8 Å². The van der Waals surface area contributed by atoms with E-state index < -0.39 is 20.8 Å². The molecule has 5 nitrogen and oxygen atoms in total. The van der Waals surface area contributed by atoms with Gasteiger partial charge in [0.05, 0.1) is 17.3 Å². The largest absolute Gasteiger partial charge is 0.493 e. The van der Waals surface area contributed by atoms with E-state index in [1.165, 1.54) is 26.2 Å². The summed E-state index contributed by atoms with van der Waals surface area (Å²) in [6.45, 7) is 0.319. The predicted octanol–water partition coefficient (Wildman–Crippen LogP) is 2.26. The highest BCUT2D eigenvalue weighted by molar-refractivity contribution is 7.89. The van der Waals surface area contributed by atoms with Crippen LogP contribution in [0.15, 0.2) is 59.5 Å². The summed E-state index contributed by atoms with van der Waals surface area (Å²) in [5.74, 6) is 1.49. The molecule has 7 heteroatoms. The van der Waals surface area contributed by atoms with E-state index in [0.29, 0.717) is 23.9 Å². The Balaban J connectivity index is 1.84. The van der Waals surface area contributed by atoms with Gasteiger partial charge in [0.1, 0.15) is 5.75 Å². The Morgan fingerprint density at radius 3 is 2.21 bits per heavy atom. The number of sulfonamides is 1. The van der Waals surface area contributed by atoms with Crippen molar-refractivity contribution in [3.8, 4) is 5.75 Å². The highest BCUT2D eigenvalue weighted by atomic mass is 32.2. The lowest BCUT2D eigenvalue weighted by molar-refractivity contribution is 0.342. The Morgan fingerprint density at radius 2 is 1.62 bits per heavy atom. The van der Waals surface area contributed by atoms with Crippen LogP contribution in [-0.2, 0) is 26.6 Å². The summed E-state index contributed by atoms with van der Waals surface area (Å²) in [6.07, 6.45) is 0. The van der Waals surface area contributed by atoms with Gasteiger partial charge in [-0.25, -0.2) is 12.7 Å². The molecule has 2 rings (SSSR count). The molecule has 0 amide bonds. The van der Waals surface area contributed by atoms with Gasteiger partial charge in [-0.05, 0) is 29.8 Å². The number of hydrogen-bond donors (Lipinski definition) is 0. The van der Waals surface area contributed by atoms with Crippen molar-refractivity contribution in [3.05, 3.63) is 60.2 Å². The van der Waals surface area contributed by atoms with Crippen LogP contribution in [0.1, 0.15) is 5.56 Å². The number of rotatable bonds is 8. The smallest absolute Gasteiger partial charge is 0.242 e. The fourth-order valence-electron chi connectivity index (χ4n) is 2.00. The Morgan fingerprint density at radius 1 is 1.00 bits per heavy atom. The Bertz CT molecular complexity index is 772. The molecule has 0 aliphatic carbocycles. The lowest BCUT2D eigenvalue weighted by atomic mass is 10.2. The number of benzene rings is 2. The number of nitrogens with zero attached hydrogens (tertiary/aromatic N) is 1. The molecule has 0 heterocycles. The maximum Gasteiger partial charge on any atom is 0.242 e. The fraction of sp³-hybridized carbons (Fsp3) is 0.294. The van der Waals surface area contributed by atoms with Gasteiger partial charge in [-0.2, -0.15) is 0 Å². The second-order valence-electron chi connectivity index (χ2n) is 5.38. The third-order valence-corrected chi connectivity index (χ3v) is 6.46. The molecule has 0 spiro atoms. The summed E-state index contributed by atoms with van der Waals surface area (Å²) < 4.78 is 42.6. The first-order valence-electron chi connectivity index (χ1n) is 7.44. The standard InChI is InChI=1S/C17H21NO4S2/c1-18(2)24(20,21)17-10-8-16(9-11-17)22-12-13-23(19)14-15-6-4-3-5-7-15/h3-11H,12-14H2,1-2H3. The van der Waals surface area contributed by atoms with E-state index in [-0.39, 0.29) is 4.90 Å². The highest BCUT2D eigenvalue weighted by Gasteiger charge is 2.16. The van der Waals surface area contributed by atoms with Crippen molar-refractivity contribution in [2.75, 3.05) is 26.5 Å². The van der Waals surface area contributed by atoms with E-state index >= 15 is 0 Å². The van der Waals surface area contributed by atoms with Crippen molar-refractivity contribution in [2.45, 2.75) is 10.6 Å². The van der Waals surface area contributed by atoms with Crippen LogP contribution in [-0.4, -0.2) is 43.4 Å². The molecule has 0 radical (unpaired) electrons. The van der Waals surface area contributed by atoms with Gasteiger partial charge in [0.15, 0.2) is 0 Å². The van der Waals surface area contributed by atoms with Gasteiger partial charge in [0, 0.05) is 30.6 Å². The molecule has 1 unspecified atom stereocenters. The minimum Gasteiger partial charge on any atom is -0.493 e. The zero-order valence-corrected chi connectivity index (χ0v) is 15.3. The fourth-order valence-corrected chi connectivity index (χ4v) is 3.88. The first-order chi connectivity index (χ1) is 11.4. The van der Waals surface area contributed by atoms with E-state index in [1.807, 2.05) is 30.3 Å².